The zero-order chi connectivity index (χ0) is 13.2. The predicted octanol–water partition coefficient (Wildman–Crippen LogP) is 4.99. The Labute approximate surface area is 119 Å². The molecule has 1 aliphatic rings. The molecule has 102 valence electrons. The highest BCUT2D eigenvalue weighted by Crippen LogP contribution is 2.31. The van der Waals surface area contributed by atoms with E-state index in [-0.39, 0.29) is 0 Å². The topological polar surface area (TPSA) is 24.9 Å². The van der Waals surface area contributed by atoms with Crippen molar-refractivity contribution in [2.45, 2.75) is 52.0 Å². The number of anilines is 1. The van der Waals surface area contributed by atoms with Crippen molar-refractivity contribution < 1.29 is 0 Å². The van der Waals surface area contributed by atoms with E-state index in [1.807, 2.05) is 0 Å². The molecule has 1 saturated carbocycles. The van der Waals surface area contributed by atoms with Gasteiger partial charge in [-0.1, -0.05) is 30.7 Å². The number of rotatable bonds is 3. The van der Waals surface area contributed by atoms with Gasteiger partial charge in [-0.3, -0.25) is 0 Å². The Morgan fingerprint density at radius 1 is 1.26 bits per heavy atom. The van der Waals surface area contributed by atoms with Gasteiger partial charge in [-0.15, -0.1) is 0 Å². The minimum Gasteiger partial charge on any atom is -0.359 e. The van der Waals surface area contributed by atoms with Gasteiger partial charge in [0.05, 0.1) is 10.2 Å². The van der Waals surface area contributed by atoms with Gasteiger partial charge in [0.1, 0.15) is 0 Å². The van der Waals surface area contributed by atoms with Gasteiger partial charge in [0.25, 0.3) is 0 Å². The fraction of sp³-hybridized carbons (Fsp3) is 0.562. The van der Waals surface area contributed by atoms with Crippen LogP contribution < -0.4 is 5.32 Å². The van der Waals surface area contributed by atoms with E-state index in [1.165, 1.54) is 42.4 Å². The molecular weight excluding hydrogens is 252 g/mol. The summed E-state index contributed by atoms with van der Waals surface area (Å²) in [5.74, 6) is 0.955. The smallest absolute Gasteiger partial charge is 0.184 e. The second kappa shape index (κ2) is 5.49. The van der Waals surface area contributed by atoms with Crippen LogP contribution in [0, 0.1) is 12.8 Å². The molecule has 2 nitrogen and oxygen atoms in total. The predicted molar refractivity (Wildman–Crippen MR) is 84.0 cm³/mol. The Balaban J connectivity index is 1.68. The lowest BCUT2D eigenvalue weighted by Crippen LogP contribution is -2.25. The standard InChI is InChI=1S/C16H22N2S/c1-3-12-5-7-13(8-6-12)17-16-18-14-9-4-11(2)10-15(14)19-16/h4,9-10,12-13H,3,5-8H2,1-2H3,(H,17,18). The Morgan fingerprint density at radius 3 is 2.79 bits per heavy atom. The van der Waals surface area contributed by atoms with Crippen LogP contribution in [0.2, 0.25) is 0 Å². The first-order chi connectivity index (χ1) is 9.24. The van der Waals surface area contributed by atoms with Crippen molar-refractivity contribution in [3.05, 3.63) is 23.8 Å². The Morgan fingerprint density at radius 2 is 2.05 bits per heavy atom. The molecular formula is C16H22N2S. The number of benzene rings is 1. The summed E-state index contributed by atoms with van der Waals surface area (Å²) in [7, 11) is 0. The zero-order valence-electron chi connectivity index (χ0n) is 11.8. The molecule has 1 aromatic carbocycles. The van der Waals surface area contributed by atoms with E-state index in [9.17, 15) is 0 Å². The second-order valence-electron chi connectivity index (χ2n) is 5.76. The summed E-state index contributed by atoms with van der Waals surface area (Å²) in [5, 5.41) is 4.74. The highest BCUT2D eigenvalue weighted by atomic mass is 32.1. The Hall–Kier alpha value is -1.09. The van der Waals surface area contributed by atoms with E-state index in [0.29, 0.717) is 6.04 Å². The molecule has 0 unspecified atom stereocenters. The van der Waals surface area contributed by atoms with Gasteiger partial charge in [0, 0.05) is 6.04 Å². The van der Waals surface area contributed by atoms with Gasteiger partial charge in [-0.25, -0.2) is 4.98 Å². The van der Waals surface area contributed by atoms with E-state index in [0.717, 1.165) is 16.6 Å². The number of aromatic nitrogens is 1. The van der Waals surface area contributed by atoms with Crippen LogP contribution in [0.25, 0.3) is 10.2 Å². The number of hydrogen-bond acceptors (Lipinski definition) is 3. The van der Waals surface area contributed by atoms with Crippen molar-refractivity contribution in [1.82, 2.24) is 4.98 Å². The maximum absolute atomic E-state index is 4.69. The van der Waals surface area contributed by atoms with Crippen molar-refractivity contribution in [3.63, 3.8) is 0 Å². The number of fused-ring (bicyclic) bond motifs is 1. The van der Waals surface area contributed by atoms with Crippen molar-refractivity contribution in [2.24, 2.45) is 5.92 Å². The summed E-state index contributed by atoms with van der Waals surface area (Å²) in [6.07, 6.45) is 6.68. The van der Waals surface area contributed by atoms with Crippen LogP contribution in [0.5, 0.6) is 0 Å². The average molecular weight is 274 g/mol. The van der Waals surface area contributed by atoms with E-state index in [4.69, 9.17) is 4.98 Å². The van der Waals surface area contributed by atoms with Gasteiger partial charge in [-0.2, -0.15) is 0 Å². The average Bonchev–Trinajstić information content (AvgIpc) is 2.81. The molecule has 0 aliphatic heterocycles. The third kappa shape index (κ3) is 2.92. The van der Waals surface area contributed by atoms with Crippen molar-refractivity contribution in [3.8, 4) is 0 Å². The molecule has 0 radical (unpaired) electrons. The van der Waals surface area contributed by atoms with Crippen LogP contribution in [0.4, 0.5) is 5.13 Å². The normalized spacial score (nSPS) is 23.7. The molecule has 1 fully saturated rings. The monoisotopic (exact) mass is 274 g/mol. The molecule has 0 saturated heterocycles. The number of hydrogen-bond donors (Lipinski definition) is 1. The fourth-order valence-electron chi connectivity index (χ4n) is 2.98. The van der Waals surface area contributed by atoms with Crippen LogP contribution in [-0.4, -0.2) is 11.0 Å². The number of nitrogens with zero attached hydrogens (tertiary/aromatic N) is 1. The minimum atomic E-state index is 0.629. The number of aryl methyl sites for hydroxylation is 1. The maximum Gasteiger partial charge on any atom is 0.184 e. The summed E-state index contributed by atoms with van der Waals surface area (Å²) in [6.45, 7) is 4.45. The summed E-state index contributed by atoms with van der Waals surface area (Å²) < 4.78 is 1.30. The lowest BCUT2D eigenvalue weighted by molar-refractivity contribution is 0.330. The van der Waals surface area contributed by atoms with E-state index < -0.39 is 0 Å². The molecule has 1 N–H and O–H groups in total. The van der Waals surface area contributed by atoms with E-state index in [1.54, 1.807) is 11.3 Å². The summed E-state index contributed by atoms with van der Waals surface area (Å²) >= 11 is 1.79. The van der Waals surface area contributed by atoms with Crippen molar-refractivity contribution >= 4 is 26.7 Å². The van der Waals surface area contributed by atoms with Gasteiger partial charge >= 0.3 is 0 Å². The minimum absolute atomic E-state index is 0.629. The Bertz CT molecular complexity index is 553. The SMILES string of the molecule is CCC1CCC(Nc2nc3ccc(C)cc3s2)CC1. The molecule has 3 rings (SSSR count). The highest BCUT2D eigenvalue weighted by Gasteiger charge is 2.20. The van der Waals surface area contributed by atoms with Crippen LogP contribution in [0.15, 0.2) is 18.2 Å². The van der Waals surface area contributed by atoms with E-state index in [2.05, 4.69) is 37.4 Å². The maximum atomic E-state index is 4.69. The second-order valence-corrected chi connectivity index (χ2v) is 6.79. The lowest BCUT2D eigenvalue weighted by atomic mass is 9.85. The largest absolute Gasteiger partial charge is 0.359 e. The van der Waals surface area contributed by atoms with Crippen LogP contribution in [0.3, 0.4) is 0 Å². The lowest BCUT2D eigenvalue weighted by Gasteiger charge is -2.28. The molecule has 0 spiro atoms. The van der Waals surface area contributed by atoms with Gasteiger partial charge in [-0.05, 0) is 56.2 Å². The van der Waals surface area contributed by atoms with Crippen LogP contribution in [0.1, 0.15) is 44.6 Å². The molecule has 1 heterocycles. The van der Waals surface area contributed by atoms with Gasteiger partial charge < -0.3 is 5.32 Å². The first-order valence-electron chi connectivity index (χ1n) is 7.38. The Kier molecular flexibility index (Phi) is 3.74. The molecule has 19 heavy (non-hydrogen) atoms. The molecule has 0 bridgehead atoms. The molecule has 3 heteroatoms. The van der Waals surface area contributed by atoms with Gasteiger partial charge in [0.2, 0.25) is 0 Å². The fourth-order valence-corrected chi connectivity index (χ4v) is 4.02. The molecule has 0 atom stereocenters. The molecule has 1 aliphatic carbocycles. The highest BCUT2D eigenvalue weighted by molar-refractivity contribution is 7.22. The molecule has 2 aromatic rings. The number of nitrogens with one attached hydrogen (secondary N) is 1. The molecule has 0 amide bonds. The summed E-state index contributed by atoms with van der Waals surface area (Å²) in [6, 6.07) is 7.12. The van der Waals surface area contributed by atoms with Crippen LogP contribution >= 0.6 is 11.3 Å². The summed E-state index contributed by atoms with van der Waals surface area (Å²) in [5.41, 5.74) is 2.44. The number of thiazole rings is 1. The van der Waals surface area contributed by atoms with Crippen molar-refractivity contribution in [2.75, 3.05) is 5.32 Å². The quantitative estimate of drug-likeness (QED) is 0.853. The third-order valence-electron chi connectivity index (χ3n) is 4.30. The van der Waals surface area contributed by atoms with Gasteiger partial charge in [0.15, 0.2) is 5.13 Å². The first-order valence-corrected chi connectivity index (χ1v) is 8.20. The first kappa shape index (κ1) is 12.9. The zero-order valence-corrected chi connectivity index (χ0v) is 12.6. The van der Waals surface area contributed by atoms with E-state index >= 15 is 0 Å². The third-order valence-corrected chi connectivity index (χ3v) is 5.25. The summed E-state index contributed by atoms with van der Waals surface area (Å²) in [4.78, 5) is 4.69. The van der Waals surface area contributed by atoms with Crippen LogP contribution in [-0.2, 0) is 0 Å². The van der Waals surface area contributed by atoms with Crippen molar-refractivity contribution in [1.29, 1.82) is 0 Å². The molecule has 1 aromatic heterocycles.